The molecule has 6 heteroatoms. The number of nitrogens with one attached hydrogen (secondary N) is 2. The van der Waals surface area contributed by atoms with Crippen molar-refractivity contribution in [2.24, 2.45) is 0 Å². The minimum Gasteiger partial charge on any atom is -0.380 e. The zero-order chi connectivity index (χ0) is 17.9. The first-order valence-electron chi connectivity index (χ1n) is 9.34. The molecule has 3 aromatic rings. The molecule has 1 aromatic heterocycles. The van der Waals surface area contributed by atoms with Gasteiger partial charge in [-0.2, -0.15) is 0 Å². The van der Waals surface area contributed by atoms with Crippen molar-refractivity contribution in [3.8, 4) is 5.69 Å². The van der Waals surface area contributed by atoms with Crippen molar-refractivity contribution in [1.29, 1.82) is 0 Å². The van der Waals surface area contributed by atoms with E-state index >= 15 is 0 Å². The Bertz CT molecular complexity index is 964. The summed E-state index contributed by atoms with van der Waals surface area (Å²) in [6.07, 6.45) is 2.88. The fourth-order valence-corrected chi connectivity index (χ4v) is 3.28. The quantitative estimate of drug-likeness (QED) is 0.682. The minimum absolute atomic E-state index is 0. The van der Waals surface area contributed by atoms with Crippen molar-refractivity contribution in [2.75, 3.05) is 18.4 Å². The Hall–Kier alpha value is -2.37. The standard InChI is InChI=1S/C21H24N4O.ClH/c1-2-3-8-20-24-19-7-5-4-6-18(19)21(26)25(20)17-11-9-15(10-12-17)23-16-13-22-14-16;/h4-7,9-12,16,22-23H,2-3,8,13-14H2,1H3;1H. The van der Waals surface area contributed by atoms with Gasteiger partial charge < -0.3 is 10.6 Å². The number of para-hydroxylation sites is 1. The minimum atomic E-state index is 0. The fraction of sp³-hybridized carbons (Fsp3) is 0.333. The average Bonchev–Trinajstić information content (AvgIpc) is 2.64. The molecule has 27 heavy (non-hydrogen) atoms. The lowest BCUT2D eigenvalue weighted by atomic mass is 10.1. The van der Waals surface area contributed by atoms with E-state index in [-0.39, 0.29) is 18.0 Å². The van der Waals surface area contributed by atoms with Crippen LogP contribution < -0.4 is 16.2 Å². The maximum absolute atomic E-state index is 13.1. The number of benzene rings is 2. The molecule has 1 saturated heterocycles. The molecule has 2 N–H and O–H groups in total. The molecule has 1 aliphatic heterocycles. The zero-order valence-corrected chi connectivity index (χ0v) is 16.3. The first-order chi connectivity index (χ1) is 12.8. The van der Waals surface area contributed by atoms with Gasteiger partial charge in [0.2, 0.25) is 0 Å². The summed E-state index contributed by atoms with van der Waals surface area (Å²) in [6, 6.07) is 16.2. The smallest absolute Gasteiger partial charge is 0.265 e. The molecule has 0 aliphatic carbocycles. The van der Waals surface area contributed by atoms with Gasteiger partial charge in [-0.15, -0.1) is 12.4 Å². The van der Waals surface area contributed by atoms with Gasteiger partial charge in [0.25, 0.3) is 5.56 Å². The first-order valence-corrected chi connectivity index (χ1v) is 9.34. The largest absolute Gasteiger partial charge is 0.380 e. The third kappa shape index (κ3) is 3.99. The Kier molecular flexibility index (Phi) is 6.14. The van der Waals surface area contributed by atoms with Gasteiger partial charge >= 0.3 is 0 Å². The molecule has 142 valence electrons. The van der Waals surface area contributed by atoms with Crippen molar-refractivity contribution >= 4 is 29.0 Å². The van der Waals surface area contributed by atoms with Gasteiger partial charge in [-0.3, -0.25) is 9.36 Å². The van der Waals surface area contributed by atoms with E-state index in [1.807, 2.05) is 48.5 Å². The lowest BCUT2D eigenvalue weighted by molar-refractivity contribution is 0.472. The summed E-state index contributed by atoms with van der Waals surface area (Å²) in [5, 5.41) is 7.40. The van der Waals surface area contributed by atoms with Crippen molar-refractivity contribution < 1.29 is 0 Å². The number of nitrogens with zero attached hydrogens (tertiary/aromatic N) is 2. The summed E-state index contributed by atoms with van der Waals surface area (Å²) in [6.45, 7) is 4.15. The van der Waals surface area contributed by atoms with Gasteiger partial charge in [0.1, 0.15) is 5.82 Å². The normalized spacial score (nSPS) is 13.8. The Morgan fingerprint density at radius 3 is 2.56 bits per heavy atom. The van der Waals surface area contributed by atoms with E-state index < -0.39 is 0 Å². The SMILES string of the molecule is CCCCc1nc2ccccc2c(=O)n1-c1ccc(NC2CNC2)cc1.Cl. The molecule has 5 nitrogen and oxygen atoms in total. The highest BCUT2D eigenvalue weighted by atomic mass is 35.5. The molecule has 0 bridgehead atoms. The van der Waals surface area contributed by atoms with Gasteiger partial charge in [0.05, 0.1) is 22.6 Å². The van der Waals surface area contributed by atoms with Crippen LogP contribution in [0.15, 0.2) is 53.3 Å². The summed E-state index contributed by atoms with van der Waals surface area (Å²) in [5.41, 5.74) is 2.73. The number of halogens is 1. The van der Waals surface area contributed by atoms with Crippen LogP contribution in [0.5, 0.6) is 0 Å². The maximum atomic E-state index is 13.1. The molecule has 4 rings (SSSR count). The molecule has 0 radical (unpaired) electrons. The third-order valence-corrected chi connectivity index (χ3v) is 4.88. The summed E-state index contributed by atoms with van der Waals surface area (Å²) >= 11 is 0. The van der Waals surface area contributed by atoms with Crippen molar-refractivity contribution in [3.63, 3.8) is 0 Å². The number of hydrogen-bond acceptors (Lipinski definition) is 4. The predicted molar refractivity (Wildman–Crippen MR) is 113 cm³/mol. The van der Waals surface area contributed by atoms with E-state index in [1.54, 1.807) is 4.57 Å². The first kappa shape index (κ1) is 19.4. The third-order valence-electron chi connectivity index (χ3n) is 4.88. The highest BCUT2D eigenvalue weighted by Crippen LogP contribution is 2.18. The summed E-state index contributed by atoms with van der Waals surface area (Å²) in [7, 11) is 0. The molecule has 2 aromatic carbocycles. The van der Waals surface area contributed by atoms with Crippen molar-refractivity contribution in [1.82, 2.24) is 14.9 Å². The number of aromatic nitrogens is 2. The number of fused-ring (bicyclic) bond motifs is 1. The molecule has 0 saturated carbocycles. The molecule has 1 aliphatic rings. The number of hydrogen-bond donors (Lipinski definition) is 2. The molecule has 0 unspecified atom stereocenters. The molecule has 2 heterocycles. The second-order valence-corrected chi connectivity index (χ2v) is 6.84. The number of aryl methyl sites for hydroxylation is 1. The Balaban J connectivity index is 0.00000210. The van der Waals surface area contributed by atoms with Crippen LogP contribution in [-0.2, 0) is 6.42 Å². The van der Waals surface area contributed by atoms with Crippen molar-refractivity contribution in [3.05, 3.63) is 64.7 Å². The molecular formula is C21H25ClN4O. The molecule has 1 fully saturated rings. The predicted octanol–water partition coefficient (Wildman–Crippen LogP) is 3.53. The second kappa shape index (κ2) is 8.55. The summed E-state index contributed by atoms with van der Waals surface area (Å²) in [5.74, 6) is 0.833. The van der Waals surface area contributed by atoms with Gasteiger partial charge in [-0.05, 0) is 42.8 Å². The van der Waals surface area contributed by atoms with E-state index in [9.17, 15) is 4.79 Å². The van der Waals surface area contributed by atoms with Gasteiger partial charge in [0, 0.05) is 25.2 Å². The number of rotatable bonds is 6. The van der Waals surface area contributed by atoms with Crippen LogP contribution in [-0.4, -0.2) is 28.7 Å². The van der Waals surface area contributed by atoms with E-state index in [2.05, 4.69) is 17.6 Å². The van der Waals surface area contributed by atoms with Gasteiger partial charge in [0.15, 0.2) is 0 Å². The van der Waals surface area contributed by atoms with Gasteiger partial charge in [-0.1, -0.05) is 25.5 Å². The molecule has 0 spiro atoms. The maximum Gasteiger partial charge on any atom is 0.265 e. The van der Waals surface area contributed by atoms with E-state index in [1.165, 1.54) is 0 Å². The van der Waals surface area contributed by atoms with Crippen LogP contribution in [0.1, 0.15) is 25.6 Å². The van der Waals surface area contributed by atoms with E-state index in [4.69, 9.17) is 4.98 Å². The van der Waals surface area contributed by atoms with E-state index in [0.717, 1.165) is 55.1 Å². The summed E-state index contributed by atoms with van der Waals surface area (Å²) in [4.78, 5) is 17.9. The Morgan fingerprint density at radius 2 is 1.89 bits per heavy atom. The van der Waals surface area contributed by atoms with Crippen LogP contribution in [0.3, 0.4) is 0 Å². The Labute approximate surface area is 165 Å². The molecular weight excluding hydrogens is 360 g/mol. The fourth-order valence-electron chi connectivity index (χ4n) is 3.28. The van der Waals surface area contributed by atoms with Gasteiger partial charge in [-0.25, -0.2) is 4.98 Å². The van der Waals surface area contributed by atoms with Crippen LogP contribution in [0.25, 0.3) is 16.6 Å². The lowest BCUT2D eigenvalue weighted by Crippen LogP contribution is -2.51. The van der Waals surface area contributed by atoms with Crippen LogP contribution in [0.2, 0.25) is 0 Å². The monoisotopic (exact) mass is 384 g/mol. The molecule has 0 atom stereocenters. The highest BCUT2D eigenvalue weighted by Gasteiger charge is 2.16. The molecule has 0 amide bonds. The number of unbranched alkanes of at least 4 members (excludes halogenated alkanes) is 1. The zero-order valence-electron chi connectivity index (χ0n) is 15.4. The van der Waals surface area contributed by atoms with Crippen LogP contribution in [0.4, 0.5) is 5.69 Å². The highest BCUT2D eigenvalue weighted by molar-refractivity contribution is 5.85. The van der Waals surface area contributed by atoms with E-state index in [0.29, 0.717) is 11.4 Å². The topological polar surface area (TPSA) is 59.0 Å². The average molecular weight is 385 g/mol. The lowest BCUT2D eigenvalue weighted by Gasteiger charge is -2.29. The second-order valence-electron chi connectivity index (χ2n) is 6.84. The Morgan fingerprint density at radius 1 is 1.15 bits per heavy atom. The summed E-state index contributed by atoms with van der Waals surface area (Å²) < 4.78 is 1.77. The van der Waals surface area contributed by atoms with Crippen LogP contribution in [0, 0.1) is 0 Å². The van der Waals surface area contributed by atoms with Crippen molar-refractivity contribution in [2.45, 2.75) is 32.2 Å². The number of anilines is 1. The van der Waals surface area contributed by atoms with Crippen LogP contribution >= 0.6 is 12.4 Å².